The molecule has 2 aliphatic heterocycles. The highest BCUT2D eigenvalue weighted by molar-refractivity contribution is 5.97. The van der Waals surface area contributed by atoms with Crippen LogP contribution in [0.15, 0.2) is 24.3 Å². The minimum Gasteiger partial charge on any atom is -0.379 e. The van der Waals surface area contributed by atoms with Gasteiger partial charge in [-0.05, 0) is 43.4 Å². The maximum Gasteiger partial charge on any atom is 0.223 e. The predicted octanol–water partition coefficient (Wildman–Crippen LogP) is 3.03. The Bertz CT molecular complexity index is 1130. The summed E-state index contributed by atoms with van der Waals surface area (Å²) >= 11 is 0. The number of Topliss-reactive ketones (excluding diaryl/α,β-unsaturated/α-hetero) is 3. The largest absolute Gasteiger partial charge is 0.379 e. The molecule has 9 nitrogen and oxygen atoms in total. The van der Waals surface area contributed by atoms with Crippen LogP contribution in [0, 0.1) is 29.1 Å². The Hall–Kier alpha value is -2.93. The number of amides is 1. The predicted molar refractivity (Wildman–Crippen MR) is 152 cm³/mol. The molecule has 1 aromatic carbocycles. The number of epoxide rings is 1. The van der Waals surface area contributed by atoms with E-state index in [2.05, 4.69) is 11.4 Å². The molecule has 1 aromatic rings. The highest BCUT2D eigenvalue weighted by Crippen LogP contribution is 2.37. The molecule has 41 heavy (non-hydrogen) atoms. The Morgan fingerprint density at radius 1 is 1.10 bits per heavy atom. The van der Waals surface area contributed by atoms with E-state index in [4.69, 9.17) is 14.7 Å². The van der Waals surface area contributed by atoms with Gasteiger partial charge >= 0.3 is 0 Å². The van der Waals surface area contributed by atoms with E-state index in [1.165, 1.54) is 0 Å². The lowest BCUT2D eigenvalue weighted by Crippen LogP contribution is -2.46. The molecule has 2 heterocycles. The second-order valence-electron chi connectivity index (χ2n) is 12.2. The number of ketones is 3. The van der Waals surface area contributed by atoms with Crippen LogP contribution in [0.1, 0.15) is 69.9 Å². The molecule has 4 rings (SSSR count). The fraction of sp³-hybridized carbons (Fsp3) is 0.656. The van der Waals surface area contributed by atoms with Gasteiger partial charge in [-0.25, -0.2) is 0 Å². The molecule has 0 radical (unpaired) electrons. The minimum absolute atomic E-state index is 0.0237. The summed E-state index contributed by atoms with van der Waals surface area (Å²) in [5.41, 5.74) is 0.493. The standard InChI is InChI=1S/C32H43N3O6/c1-22(15-27(36)20-35-11-13-40-14-12-35)31(39)34-28(17-24-7-9-25(19-33)10-8-24)29(37)18-26(16-23-5-3-4-6-23)30(38)32(2)21-41-32/h7-10,22-23,26,28H,3-6,11-18,20-21H2,1-2H3,(H,34,39)/t22-,26-,28+,32-/m1/s1. The summed E-state index contributed by atoms with van der Waals surface area (Å²) in [6.45, 7) is 6.72. The lowest BCUT2D eigenvalue weighted by molar-refractivity contribution is -0.134. The van der Waals surface area contributed by atoms with Gasteiger partial charge in [0.25, 0.3) is 0 Å². The van der Waals surface area contributed by atoms with Crippen LogP contribution in [0.2, 0.25) is 0 Å². The number of nitrogens with zero attached hydrogens (tertiary/aromatic N) is 2. The van der Waals surface area contributed by atoms with Crippen LogP contribution in [-0.2, 0) is 35.1 Å². The quantitative estimate of drug-likeness (QED) is 0.321. The van der Waals surface area contributed by atoms with E-state index in [9.17, 15) is 19.2 Å². The molecule has 3 aliphatic rings. The molecule has 1 saturated carbocycles. The Labute approximate surface area is 242 Å². The molecule has 0 spiro atoms. The number of nitriles is 1. The molecule has 0 bridgehead atoms. The van der Waals surface area contributed by atoms with Gasteiger partial charge in [-0.1, -0.05) is 44.7 Å². The Kier molecular flexibility index (Phi) is 10.8. The monoisotopic (exact) mass is 565 g/mol. The fourth-order valence-electron chi connectivity index (χ4n) is 6.02. The van der Waals surface area contributed by atoms with Gasteiger partial charge in [0, 0.05) is 37.8 Å². The minimum atomic E-state index is -0.848. The number of carbonyl (C=O) groups is 4. The molecule has 1 N–H and O–H groups in total. The van der Waals surface area contributed by atoms with E-state index in [1.54, 1.807) is 38.1 Å². The van der Waals surface area contributed by atoms with Crippen molar-refractivity contribution in [2.45, 2.75) is 76.9 Å². The van der Waals surface area contributed by atoms with Crippen molar-refractivity contribution in [1.82, 2.24) is 10.2 Å². The normalized spacial score (nSPS) is 23.2. The molecular weight excluding hydrogens is 522 g/mol. The second kappa shape index (κ2) is 14.3. The zero-order chi connectivity index (χ0) is 29.4. The number of morpholine rings is 1. The van der Waals surface area contributed by atoms with Crippen LogP contribution in [0.3, 0.4) is 0 Å². The molecular formula is C32H43N3O6. The van der Waals surface area contributed by atoms with Crippen LogP contribution < -0.4 is 5.32 Å². The lowest BCUT2D eigenvalue weighted by atomic mass is 9.81. The van der Waals surface area contributed by atoms with Crippen molar-refractivity contribution in [1.29, 1.82) is 5.26 Å². The van der Waals surface area contributed by atoms with Gasteiger partial charge in [0.05, 0.1) is 44.0 Å². The molecule has 1 aliphatic carbocycles. The van der Waals surface area contributed by atoms with Crippen molar-refractivity contribution in [3.63, 3.8) is 0 Å². The van der Waals surface area contributed by atoms with E-state index in [0.29, 0.717) is 50.8 Å². The smallest absolute Gasteiger partial charge is 0.223 e. The van der Waals surface area contributed by atoms with Gasteiger partial charge in [-0.15, -0.1) is 0 Å². The zero-order valence-corrected chi connectivity index (χ0v) is 24.4. The van der Waals surface area contributed by atoms with Crippen LogP contribution in [0.4, 0.5) is 0 Å². The summed E-state index contributed by atoms with van der Waals surface area (Å²) in [5.74, 6) is -1.24. The summed E-state index contributed by atoms with van der Waals surface area (Å²) < 4.78 is 10.8. The molecule has 1 amide bonds. The molecule has 4 atom stereocenters. The van der Waals surface area contributed by atoms with E-state index in [0.717, 1.165) is 31.2 Å². The van der Waals surface area contributed by atoms with Crippen LogP contribution in [0.5, 0.6) is 0 Å². The third-order valence-electron chi connectivity index (χ3n) is 8.72. The molecule has 222 valence electrons. The number of nitrogens with one attached hydrogen (secondary N) is 1. The number of rotatable bonds is 15. The number of carbonyl (C=O) groups excluding carboxylic acids is 4. The zero-order valence-electron chi connectivity index (χ0n) is 24.4. The molecule has 9 heteroatoms. The summed E-state index contributed by atoms with van der Waals surface area (Å²) in [5, 5.41) is 12.1. The topological polar surface area (TPSA) is 129 Å². The van der Waals surface area contributed by atoms with Gasteiger partial charge in [0.1, 0.15) is 11.4 Å². The maximum absolute atomic E-state index is 13.8. The Morgan fingerprint density at radius 2 is 1.76 bits per heavy atom. The first kappa shape index (κ1) is 31.0. The van der Waals surface area contributed by atoms with Crippen molar-refractivity contribution >= 4 is 23.3 Å². The summed E-state index contributed by atoms with van der Waals surface area (Å²) in [6.07, 6.45) is 5.45. The lowest BCUT2D eigenvalue weighted by Gasteiger charge is -2.26. The third kappa shape index (κ3) is 9.03. The molecule has 0 unspecified atom stereocenters. The van der Waals surface area contributed by atoms with E-state index in [1.807, 2.05) is 4.90 Å². The first-order valence-electron chi connectivity index (χ1n) is 15.0. The molecule has 0 aromatic heterocycles. The fourth-order valence-corrected chi connectivity index (χ4v) is 6.02. The average molecular weight is 566 g/mol. The number of ether oxygens (including phenoxy) is 2. The SMILES string of the molecule is C[C@H](CC(=O)CN1CCOCC1)C(=O)N[C@@H](Cc1ccc(C#N)cc1)C(=O)C[C@@H](CC1CCCC1)C(=O)[C@@]1(C)CO1. The number of benzene rings is 1. The van der Waals surface area contributed by atoms with E-state index < -0.39 is 23.5 Å². The third-order valence-corrected chi connectivity index (χ3v) is 8.72. The molecule has 2 saturated heterocycles. The van der Waals surface area contributed by atoms with Gasteiger partial charge in [-0.3, -0.25) is 24.1 Å². The van der Waals surface area contributed by atoms with Crippen molar-refractivity contribution in [3.05, 3.63) is 35.4 Å². The van der Waals surface area contributed by atoms with Crippen molar-refractivity contribution in [3.8, 4) is 6.07 Å². The summed E-state index contributed by atoms with van der Waals surface area (Å²) in [6, 6.07) is 8.17. The molecule has 3 fully saturated rings. The van der Waals surface area contributed by atoms with Gasteiger partial charge < -0.3 is 14.8 Å². The average Bonchev–Trinajstić information content (AvgIpc) is 3.51. The van der Waals surface area contributed by atoms with Gasteiger partial charge in [0.15, 0.2) is 11.6 Å². The number of hydrogen-bond donors (Lipinski definition) is 1. The van der Waals surface area contributed by atoms with E-state index in [-0.39, 0.29) is 49.1 Å². The highest BCUT2D eigenvalue weighted by Gasteiger charge is 2.50. The van der Waals surface area contributed by atoms with Gasteiger partial charge in [-0.2, -0.15) is 5.26 Å². The summed E-state index contributed by atoms with van der Waals surface area (Å²) in [7, 11) is 0. The Balaban J connectivity index is 1.44. The second-order valence-corrected chi connectivity index (χ2v) is 12.2. The Morgan fingerprint density at radius 3 is 2.37 bits per heavy atom. The van der Waals surface area contributed by atoms with E-state index >= 15 is 0 Å². The maximum atomic E-state index is 13.8. The van der Waals surface area contributed by atoms with Crippen molar-refractivity contribution in [2.75, 3.05) is 39.5 Å². The number of hydrogen-bond acceptors (Lipinski definition) is 8. The van der Waals surface area contributed by atoms with Gasteiger partial charge in [0.2, 0.25) is 5.91 Å². The van der Waals surface area contributed by atoms with Crippen molar-refractivity contribution in [2.24, 2.45) is 17.8 Å². The van der Waals surface area contributed by atoms with Crippen LogP contribution in [-0.4, -0.2) is 79.3 Å². The van der Waals surface area contributed by atoms with Crippen LogP contribution >= 0.6 is 0 Å². The van der Waals surface area contributed by atoms with Crippen molar-refractivity contribution < 1.29 is 28.7 Å². The first-order chi connectivity index (χ1) is 19.7. The highest BCUT2D eigenvalue weighted by atomic mass is 16.6. The summed E-state index contributed by atoms with van der Waals surface area (Å²) in [4.78, 5) is 55.1. The van der Waals surface area contributed by atoms with Crippen LogP contribution in [0.25, 0.3) is 0 Å². The first-order valence-corrected chi connectivity index (χ1v) is 15.0.